The van der Waals surface area contributed by atoms with Crippen LogP contribution in [0, 0.1) is 5.92 Å². The summed E-state index contributed by atoms with van der Waals surface area (Å²) >= 11 is 0. The molecule has 1 saturated carbocycles. The lowest BCUT2D eigenvalue weighted by atomic mass is 9.96. The Morgan fingerprint density at radius 3 is 2.76 bits per heavy atom. The molecule has 17 heavy (non-hydrogen) atoms. The molecule has 4 heteroatoms. The highest BCUT2D eigenvalue weighted by atomic mass is 16.5. The zero-order chi connectivity index (χ0) is 11.5. The normalized spacial score (nSPS) is 21.4. The van der Waals surface area contributed by atoms with E-state index >= 15 is 0 Å². The van der Waals surface area contributed by atoms with Crippen LogP contribution in [0.5, 0.6) is 0 Å². The minimum atomic E-state index is 0.549. The predicted molar refractivity (Wildman–Crippen MR) is 66.0 cm³/mol. The number of hydrogen-bond donors (Lipinski definition) is 1. The monoisotopic (exact) mass is 233 g/mol. The molecular weight excluding hydrogens is 214 g/mol. The molecule has 0 aromatic carbocycles. The van der Waals surface area contributed by atoms with Gasteiger partial charge >= 0.3 is 0 Å². The number of aromatic nitrogens is 2. The Kier molecular flexibility index (Phi) is 3.22. The molecule has 1 aromatic rings. The van der Waals surface area contributed by atoms with Crippen LogP contribution in [0.1, 0.15) is 37.3 Å². The molecule has 1 saturated heterocycles. The molecule has 0 unspecified atom stereocenters. The summed E-state index contributed by atoms with van der Waals surface area (Å²) in [4.78, 5) is 8.68. The van der Waals surface area contributed by atoms with Crippen molar-refractivity contribution >= 4 is 5.82 Å². The van der Waals surface area contributed by atoms with Crippen molar-refractivity contribution in [3.8, 4) is 0 Å². The van der Waals surface area contributed by atoms with Crippen LogP contribution >= 0.6 is 0 Å². The highest BCUT2D eigenvalue weighted by molar-refractivity contribution is 5.36. The van der Waals surface area contributed by atoms with Gasteiger partial charge in [-0.2, -0.15) is 0 Å². The molecule has 0 radical (unpaired) electrons. The Morgan fingerprint density at radius 2 is 2.00 bits per heavy atom. The van der Waals surface area contributed by atoms with E-state index in [1.165, 1.54) is 18.5 Å². The van der Waals surface area contributed by atoms with E-state index in [2.05, 4.69) is 21.4 Å². The zero-order valence-electron chi connectivity index (χ0n) is 10.1. The lowest BCUT2D eigenvalue weighted by Gasteiger charge is -2.21. The van der Waals surface area contributed by atoms with Crippen LogP contribution in [-0.2, 0) is 4.74 Å². The molecule has 1 N–H and O–H groups in total. The highest BCUT2D eigenvalue weighted by Gasteiger charge is 2.21. The van der Waals surface area contributed by atoms with Gasteiger partial charge < -0.3 is 10.1 Å². The van der Waals surface area contributed by atoms with Crippen molar-refractivity contribution in [1.29, 1.82) is 0 Å². The third kappa shape index (κ3) is 2.94. The standard InChI is InChI=1S/C13H19N3O/c1-2-10(1)8-14-13-7-12(15-9-16-13)11-3-5-17-6-4-11/h7,9-11H,1-6,8H2,(H,14,15,16). The van der Waals surface area contributed by atoms with E-state index < -0.39 is 0 Å². The molecular formula is C13H19N3O. The van der Waals surface area contributed by atoms with Gasteiger partial charge in [-0.05, 0) is 31.6 Å². The number of nitrogens with one attached hydrogen (secondary N) is 1. The van der Waals surface area contributed by atoms with E-state index in [1.54, 1.807) is 6.33 Å². The van der Waals surface area contributed by atoms with Crippen molar-refractivity contribution < 1.29 is 4.74 Å². The van der Waals surface area contributed by atoms with Crippen LogP contribution in [0.25, 0.3) is 0 Å². The summed E-state index contributed by atoms with van der Waals surface area (Å²) in [7, 11) is 0. The van der Waals surface area contributed by atoms with E-state index in [0.29, 0.717) is 5.92 Å². The smallest absolute Gasteiger partial charge is 0.129 e. The Balaban J connectivity index is 1.64. The van der Waals surface area contributed by atoms with Crippen molar-refractivity contribution in [2.75, 3.05) is 25.1 Å². The Labute approximate surface area is 102 Å². The van der Waals surface area contributed by atoms with Gasteiger partial charge in [0.15, 0.2) is 0 Å². The summed E-state index contributed by atoms with van der Waals surface area (Å²) in [5.41, 5.74) is 1.17. The van der Waals surface area contributed by atoms with Gasteiger partial charge in [0, 0.05) is 37.4 Å². The molecule has 0 spiro atoms. The van der Waals surface area contributed by atoms with E-state index in [4.69, 9.17) is 4.74 Å². The number of hydrogen-bond acceptors (Lipinski definition) is 4. The first kappa shape index (κ1) is 11.0. The van der Waals surface area contributed by atoms with Crippen molar-refractivity contribution in [3.05, 3.63) is 18.1 Å². The Hall–Kier alpha value is -1.16. The van der Waals surface area contributed by atoms with Crippen molar-refractivity contribution in [2.45, 2.75) is 31.6 Å². The van der Waals surface area contributed by atoms with Gasteiger partial charge in [0.1, 0.15) is 12.1 Å². The first-order valence-electron chi connectivity index (χ1n) is 6.55. The second-order valence-corrected chi connectivity index (χ2v) is 5.04. The van der Waals surface area contributed by atoms with Crippen molar-refractivity contribution in [1.82, 2.24) is 9.97 Å². The van der Waals surface area contributed by atoms with E-state index in [9.17, 15) is 0 Å². The van der Waals surface area contributed by atoms with Gasteiger partial charge in [-0.3, -0.25) is 0 Å². The Morgan fingerprint density at radius 1 is 1.18 bits per heavy atom. The van der Waals surface area contributed by atoms with Crippen molar-refractivity contribution in [3.63, 3.8) is 0 Å². The second kappa shape index (κ2) is 5.00. The molecule has 1 aromatic heterocycles. The quantitative estimate of drug-likeness (QED) is 0.866. The summed E-state index contributed by atoms with van der Waals surface area (Å²) in [5.74, 6) is 2.40. The molecule has 1 aliphatic carbocycles. The fourth-order valence-electron chi connectivity index (χ4n) is 2.26. The number of rotatable bonds is 4. The second-order valence-electron chi connectivity index (χ2n) is 5.04. The number of anilines is 1. The van der Waals surface area contributed by atoms with E-state index in [-0.39, 0.29) is 0 Å². The lowest BCUT2D eigenvalue weighted by molar-refractivity contribution is 0.0845. The fraction of sp³-hybridized carbons (Fsp3) is 0.692. The van der Waals surface area contributed by atoms with Crippen LogP contribution in [0.15, 0.2) is 12.4 Å². The third-order valence-corrected chi connectivity index (χ3v) is 3.60. The maximum atomic E-state index is 5.38. The molecule has 0 bridgehead atoms. The highest BCUT2D eigenvalue weighted by Crippen LogP contribution is 2.29. The Bertz CT molecular complexity index is 373. The molecule has 2 heterocycles. The summed E-state index contributed by atoms with van der Waals surface area (Å²) in [6.07, 6.45) is 6.58. The largest absolute Gasteiger partial charge is 0.381 e. The fourth-order valence-corrected chi connectivity index (χ4v) is 2.26. The zero-order valence-corrected chi connectivity index (χ0v) is 10.1. The molecule has 4 nitrogen and oxygen atoms in total. The lowest BCUT2D eigenvalue weighted by Crippen LogP contribution is -2.15. The van der Waals surface area contributed by atoms with E-state index in [0.717, 1.165) is 44.3 Å². The molecule has 0 amide bonds. The van der Waals surface area contributed by atoms with E-state index in [1.807, 2.05) is 0 Å². The minimum absolute atomic E-state index is 0.549. The van der Waals surface area contributed by atoms with Gasteiger partial charge in [-0.1, -0.05) is 0 Å². The number of nitrogens with zero attached hydrogens (tertiary/aromatic N) is 2. The molecule has 2 aliphatic rings. The average Bonchev–Trinajstić information content (AvgIpc) is 3.22. The molecule has 3 rings (SSSR count). The molecule has 1 aliphatic heterocycles. The maximum absolute atomic E-state index is 5.38. The third-order valence-electron chi connectivity index (χ3n) is 3.60. The van der Waals surface area contributed by atoms with Crippen LogP contribution in [0.3, 0.4) is 0 Å². The van der Waals surface area contributed by atoms with Gasteiger partial charge in [0.25, 0.3) is 0 Å². The van der Waals surface area contributed by atoms with Gasteiger partial charge in [0.05, 0.1) is 0 Å². The molecule has 2 fully saturated rings. The van der Waals surface area contributed by atoms with Crippen molar-refractivity contribution in [2.24, 2.45) is 5.92 Å². The average molecular weight is 233 g/mol. The van der Waals surface area contributed by atoms with Gasteiger partial charge in [-0.15, -0.1) is 0 Å². The SMILES string of the molecule is c1nc(NCC2CC2)cc(C2CCOCC2)n1. The van der Waals surface area contributed by atoms with Crippen LogP contribution < -0.4 is 5.32 Å². The van der Waals surface area contributed by atoms with Crippen LogP contribution in [0.2, 0.25) is 0 Å². The first-order valence-corrected chi connectivity index (χ1v) is 6.55. The van der Waals surface area contributed by atoms with Crippen LogP contribution in [0.4, 0.5) is 5.82 Å². The summed E-state index contributed by atoms with van der Waals surface area (Å²) < 4.78 is 5.38. The topological polar surface area (TPSA) is 47.0 Å². The summed E-state index contributed by atoms with van der Waals surface area (Å²) in [5, 5.41) is 3.40. The molecule has 0 atom stereocenters. The maximum Gasteiger partial charge on any atom is 0.129 e. The molecule has 92 valence electrons. The van der Waals surface area contributed by atoms with Crippen LogP contribution in [-0.4, -0.2) is 29.7 Å². The van der Waals surface area contributed by atoms with Gasteiger partial charge in [-0.25, -0.2) is 9.97 Å². The number of ether oxygens (including phenoxy) is 1. The predicted octanol–water partition coefficient (Wildman–Crippen LogP) is 2.19. The summed E-state index contributed by atoms with van der Waals surface area (Å²) in [6.45, 7) is 2.78. The van der Waals surface area contributed by atoms with Gasteiger partial charge in [0.2, 0.25) is 0 Å². The summed E-state index contributed by atoms with van der Waals surface area (Å²) in [6, 6.07) is 2.11. The minimum Gasteiger partial charge on any atom is -0.381 e. The first-order chi connectivity index (χ1) is 8.42.